The monoisotopic (exact) mass is 418 g/mol. The van der Waals surface area contributed by atoms with Gasteiger partial charge in [0.15, 0.2) is 0 Å². The number of aldehydes is 1. The van der Waals surface area contributed by atoms with Crippen LogP contribution in [0.1, 0.15) is 13.8 Å². The van der Waals surface area contributed by atoms with Gasteiger partial charge in [-0.2, -0.15) is 0 Å². The predicted molar refractivity (Wildman–Crippen MR) is 106 cm³/mol. The van der Waals surface area contributed by atoms with Gasteiger partial charge < -0.3 is 25.0 Å². The van der Waals surface area contributed by atoms with Gasteiger partial charge in [-0.15, -0.1) is 0 Å². The SMILES string of the molecule is CC=O.CCN1CCN(CC(=O)O)CCN(CC(=O)O)CCN(CC(=O)O)CC1. The summed E-state index contributed by atoms with van der Waals surface area (Å²) in [4.78, 5) is 49.6. The number of carboxylic acid groups (broad SMARTS) is 3. The fourth-order valence-electron chi connectivity index (χ4n) is 2.94. The molecule has 1 rings (SSSR count). The second-order valence-corrected chi connectivity index (χ2v) is 6.68. The van der Waals surface area contributed by atoms with Crippen LogP contribution in [0.3, 0.4) is 0 Å². The number of aliphatic carboxylic acids is 3. The lowest BCUT2D eigenvalue weighted by Crippen LogP contribution is -2.48. The standard InChI is InChI=1S/C16H30N4O6.C2H4O/c1-2-17-3-5-18(11-14(21)22)7-9-20(13-16(25)26)10-8-19(6-4-17)12-15(23)24;1-2-3/h2-13H2,1H3,(H,21,22)(H,23,24)(H,25,26);2H,1H3. The molecular weight excluding hydrogens is 384 g/mol. The Balaban J connectivity index is 0.00000245. The smallest absolute Gasteiger partial charge is 0.317 e. The van der Waals surface area contributed by atoms with Gasteiger partial charge in [0.2, 0.25) is 0 Å². The molecule has 1 aliphatic heterocycles. The van der Waals surface area contributed by atoms with Crippen LogP contribution in [0.4, 0.5) is 0 Å². The molecule has 0 aromatic rings. The lowest BCUT2D eigenvalue weighted by atomic mass is 10.3. The minimum absolute atomic E-state index is 0.0798. The van der Waals surface area contributed by atoms with E-state index in [2.05, 4.69) is 4.90 Å². The van der Waals surface area contributed by atoms with Crippen molar-refractivity contribution >= 4 is 24.2 Å². The van der Waals surface area contributed by atoms with Crippen molar-refractivity contribution in [3.05, 3.63) is 0 Å². The second-order valence-electron chi connectivity index (χ2n) is 6.68. The Morgan fingerprint density at radius 1 is 0.655 bits per heavy atom. The van der Waals surface area contributed by atoms with Gasteiger partial charge in [0.1, 0.15) is 6.29 Å². The lowest BCUT2D eigenvalue weighted by molar-refractivity contribution is -0.140. The second kappa shape index (κ2) is 15.8. The first-order valence-electron chi connectivity index (χ1n) is 9.66. The Bertz CT molecular complexity index is 486. The molecule has 1 fully saturated rings. The lowest BCUT2D eigenvalue weighted by Gasteiger charge is -2.32. The highest BCUT2D eigenvalue weighted by molar-refractivity contribution is 5.69. The Kier molecular flexibility index (Phi) is 14.7. The van der Waals surface area contributed by atoms with Crippen LogP contribution in [0.5, 0.6) is 0 Å². The van der Waals surface area contributed by atoms with Crippen molar-refractivity contribution in [3.8, 4) is 0 Å². The maximum absolute atomic E-state index is 11.1. The zero-order chi connectivity index (χ0) is 22.2. The van der Waals surface area contributed by atoms with E-state index in [9.17, 15) is 14.4 Å². The third kappa shape index (κ3) is 14.6. The fraction of sp³-hybridized carbons (Fsp3) is 0.778. The molecule has 0 aromatic carbocycles. The normalized spacial score (nSPS) is 18.6. The summed E-state index contributed by atoms with van der Waals surface area (Å²) in [5.41, 5.74) is 0. The van der Waals surface area contributed by atoms with Gasteiger partial charge in [-0.3, -0.25) is 29.1 Å². The summed E-state index contributed by atoms with van der Waals surface area (Å²) in [5, 5.41) is 27.2. The molecule has 11 nitrogen and oxygen atoms in total. The molecule has 0 spiro atoms. The van der Waals surface area contributed by atoms with Crippen LogP contribution in [-0.2, 0) is 19.2 Å². The number of carboxylic acids is 3. The van der Waals surface area contributed by atoms with Crippen LogP contribution >= 0.6 is 0 Å². The van der Waals surface area contributed by atoms with Gasteiger partial charge in [0.05, 0.1) is 19.6 Å². The van der Waals surface area contributed by atoms with Crippen molar-refractivity contribution in [1.82, 2.24) is 19.6 Å². The third-order valence-electron chi connectivity index (χ3n) is 4.45. The summed E-state index contributed by atoms with van der Waals surface area (Å²) in [6.45, 7) is 8.21. The molecule has 0 saturated carbocycles. The van der Waals surface area contributed by atoms with E-state index in [1.165, 1.54) is 6.92 Å². The Labute approximate surface area is 171 Å². The zero-order valence-electron chi connectivity index (χ0n) is 17.3. The summed E-state index contributed by atoms with van der Waals surface area (Å²) in [6, 6.07) is 0. The van der Waals surface area contributed by atoms with Gasteiger partial charge in [0.25, 0.3) is 0 Å². The van der Waals surface area contributed by atoms with E-state index in [4.69, 9.17) is 20.1 Å². The average Bonchev–Trinajstić information content (AvgIpc) is 2.61. The number of carbonyl (C=O) groups excluding carboxylic acids is 1. The van der Waals surface area contributed by atoms with E-state index in [-0.39, 0.29) is 19.6 Å². The van der Waals surface area contributed by atoms with Crippen molar-refractivity contribution in [2.45, 2.75) is 13.8 Å². The van der Waals surface area contributed by atoms with Crippen molar-refractivity contribution in [2.24, 2.45) is 0 Å². The van der Waals surface area contributed by atoms with Crippen LogP contribution in [0, 0.1) is 0 Å². The summed E-state index contributed by atoms with van der Waals surface area (Å²) in [7, 11) is 0. The molecule has 0 radical (unpaired) electrons. The van der Waals surface area contributed by atoms with Crippen LogP contribution in [0.25, 0.3) is 0 Å². The highest BCUT2D eigenvalue weighted by Gasteiger charge is 2.19. The molecular formula is C18H34N4O7. The van der Waals surface area contributed by atoms with Gasteiger partial charge >= 0.3 is 17.9 Å². The number of likely N-dealkylation sites (N-methyl/N-ethyl adjacent to an activating group) is 1. The third-order valence-corrected chi connectivity index (χ3v) is 4.45. The van der Waals surface area contributed by atoms with Gasteiger partial charge in [-0.05, 0) is 13.5 Å². The molecule has 11 heteroatoms. The van der Waals surface area contributed by atoms with Crippen LogP contribution in [0.2, 0.25) is 0 Å². The minimum atomic E-state index is -0.955. The summed E-state index contributed by atoms with van der Waals surface area (Å²) in [6.07, 6.45) is 0.750. The van der Waals surface area contributed by atoms with Crippen molar-refractivity contribution in [2.75, 3.05) is 78.5 Å². The molecule has 29 heavy (non-hydrogen) atoms. The Hall–Kier alpha value is -2.08. The molecule has 1 heterocycles. The van der Waals surface area contributed by atoms with Gasteiger partial charge in [0, 0.05) is 52.4 Å². The largest absolute Gasteiger partial charge is 0.480 e. The molecule has 0 aromatic heterocycles. The van der Waals surface area contributed by atoms with Crippen molar-refractivity contribution in [1.29, 1.82) is 0 Å². The van der Waals surface area contributed by atoms with E-state index in [1.54, 1.807) is 4.90 Å². The highest BCUT2D eigenvalue weighted by atomic mass is 16.4. The topological polar surface area (TPSA) is 142 Å². The molecule has 0 amide bonds. The summed E-state index contributed by atoms with van der Waals surface area (Å²) in [5.74, 6) is -2.76. The first-order chi connectivity index (χ1) is 13.7. The number of hydrogen-bond acceptors (Lipinski definition) is 8. The molecule has 0 unspecified atom stereocenters. The van der Waals surface area contributed by atoms with Gasteiger partial charge in [-0.25, -0.2) is 0 Å². The molecule has 0 bridgehead atoms. The molecule has 0 aliphatic carbocycles. The zero-order valence-corrected chi connectivity index (χ0v) is 17.3. The predicted octanol–water partition coefficient (Wildman–Crippen LogP) is -1.31. The van der Waals surface area contributed by atoms with E-state index >= 15 is 0 Å². The van der Waals surface area contributed by atoms with Crippen LogP contribution < -0.4 is 0 Å². The first-order valence-corrected chi connectivity index (χ1v) is 9.66. The minimum Gasteiger partial charge on any atom is -0.480 e. The van der Waals surface area contributed by atoms with Crippen LogP contribution in [-0.4, -0.2) is 138 Å². The molecule has 0 atom stereocenters. The van der Waals surface area contributed by atoms with Crippen LogP contribution in [0.15, 0.2) is 0 Å². The molecule has 1 aliphatic rings. The van der Waals surface area contributed by atoms with E-state index < -0.39 is 17.9 Å². The molecule has 168 valence electrons. The van der Waals surface area contributed by atoms with E-state index in [1.807, 2.05) is 16.7 Å². The number of carbonyl (C=O) groups is 4. The van der Waals surface area contributed by atoms with Crippen molar-refractivity contribution < 1.29 is 34.5 Å². The number of hydrogen-bond donors (Lipinski definition) is 3. The Morgan fingerprint density at radius 2 is 0.862 bits per heavy atom. The summed E-state index contributed by atoms with van der Waals surface area (Å²) < 4.78 is 0. The molecule has 1 saturated heterocycles. The summed E-state index contributed by atoms with van der Waals surface area (Å²) >= 11 is 0. The average molecular weight is 418 g/mol. The quantitative estimate of drug-likeness (QED) is 0.424. The highest BCUT2D eigenvalue weighted by Crippen LogP contribution is 2.01. The maximum Gasteiger partial charge on any atom is 0.317 e. The van der Waals surface area contributed by atoms with Crippen molar-refractivity contribution in [3.63, 3.8) is 0 Å². The number of nitrogens with zero attached hydrogens (tertiary/aromatic N) is 4. The first kappa shape index (κ1) is 26.9. The maximum atomic E-state index is 11.1. The Morgan fingerprint density at radius 3 is 1.03 bits per heavy atom. The fourth-order valence-corrected chi connectivity index (χ4v) is 2.94. The van der Waals surface area contributed by atoms with E-state index in [0.29, 0.717) is 52.4 Å². The molecule has 3 N–H and O–H groups in total. The number of rotatable bonds is 7. The van der Waals surface area contributed by atoms with Gasteiger partial charge in [-0.1, -0.05) is 6.92 Å². The van der Waals surface area contributed by atoms with E-state index in [0.717, 1.165) is 12.8 Å².